The zero-order chi connectivity index (χ0) is 25.7. The van der Waals surface area contributed by atoms with Gasteiger partial charge in [0.1, 0.15) is 21.8 Å². The number of nitrogens with one attached hydrogen (secondary N) is 2. The van der Waals surface area contributed by atoms with Crippen LogP contribution in [0.15, 0.2) is 48.5 Å². The molecule has 3 aromatic carbocycles. The highest BCUT2D eigenvalue weighted by atomic mass is 35.5. The van der Waals surface area contributed by atoms with Crippen molar-refractivity contribution in [2.45, 2.75) is 10.3 Å². The highest BCUT2D eigenvalue weighted by molar-refractivity contribution is 6.53. The molecule has 12 heteroatoms. The number of carbonyl (C=O) groups is 2. The van der Waals surface area contributed by atoms with Gasteiger partial charge < -0.3 is 10.6 Å². The van der Waals surface area contributed by atoms with Gasteiger partial charge in [-0.25, -0.2) is 13.2 Å². The Morgan fingerprint density at radius 1 is 0.800 bits per heavy atom. The molecule has 4 nitrogen and oxygen atoms in total. The largest absolute Gasteiger partial charge is 0.324 e. The van der Waals surface area contributed by atoms with Crippen LogP contribution in [0.1, 0.15) is 21.8 Å². The highest BCUT2D eigenvalue weighted by Gasteiger charge is 2.67. The summed E-state index contributed by atoms with van der Waals surface area (Å²) in [7, 11) is 0. The molecular weight excluding hydrogens is 571 g/mol. The molecule has 35 heavy (non-hydrogen) atoms. The molecule has 0 heterocycles. The fourth-order valence-electron chi connectivity index (χ4n) is 3.62. The number of halogens is 8. The summed E-state index contributed by atoms with van der Waals surface area (Å²) in [5.74, 6) is -5.60. The quantitative estimate of drug-likeness (QED) is 0.301. The van der Waals surface area contributed by atoms with E-state index in [1.165, 1.54) is 24.3 Å². The topological polar surface area (TPSA) is 58.2 Å². The molecule has 0 radical (unpaired) electrons. The van der Waals surface area contributed by atoms with Gasteiger partial charge in [0.25, 0.3) is 5.91 Å². The van der Waals surface area contributed by atoms with E-state index in [0.717, 1.165) is 18.2 Å². The van der Waals surface area contributed by atoms with Crippen molar-refractivity contribution in [3.63, 3.8) is 0 Å². The van der Waals surface area contributed by atoms with Gasteiger partial charge in [0.05, 0.1) is 37.9 Å². The molecule has 2 atom stereocenters. The molecule has 1 aliphatic carbocycles. The highest BCUT2D eigenvalue weighted by Crippen LogP contribution is 2.65. The molecule has 2 N–H and O–H groups in total. The molecular formula is C23H12Cl5F3N2O2. The van der Waals surface area contributed by atoms with Gasteiger partial charge in [-0.15, -0.1) is 23.2 Å². The zero-order valence-corrected chi connectivity index (χ0v) is 20.9. The third-order valence-electron chi connectivity index (χ3n) is 5.39. The number of amides is 2. The van der Waals surface area contributed by atoms with Crippen LogP contribution in [0, 0.1) is 23.4 Å². The first-order valence-corrected chi connectivity index (χ1v) is 11.7. The Bertz CT molecular complexity index is 1370. The predicted molar refractivity (Wildman–Crippen MR) is 131 cm³/mol. The van der Waals surface area contributed by atoms with Crippen molar-refractivity contribution in [2.24, 2.45) is 5.92 Å². The Balaban J connectivity index is 1.56. The third kappa shape index (κ3) is 5.06. The first-order valence-electron chi connectivity index (χ1n) is 9.79. The normalized spacial score (nSPS) is 18.2. The smallest absolute Gasteiger partial charge is 0.258 e. The maximum atomic E-state index is 13.9. The van der Waals surface area contributed by atoms with Crippen molar-refractivity contribution < 1.29 is 22.8 Å². The summed E-state index contributed by atoms with van der Waals surface area (Å²) in [6.45, 7) is 0. The van der Waals surface area contributed by atoms with Crippen LogP contribution in [0.2, 0.25) is 15.1 Å². The lowest BCUT2D eigenvalue weighted by Crippen LogP contribution is -2.19. The van der Waals surface area contributed by atoms with Gasteiger partial charge in [-0.1, -0.05) is 40.9 Å². The van der Waals surface area contributed by atoms with Gasteiger partial charge in [0, 0.05) is 12.0 Å². The second kappa shape index (κ2) is 9.71. The van der Waals surface area contributed by atoms with E-state index in [1.54, 1.807) is 0 Å². The summed E-state index contributed by atoms with van der Waals surface area (Å²) in [6, 6.07) is 9.15. The molecule has 182 valence electrons. The maximum absolute atomic E-state index is 13.9. The summed E-state index contributed by atoms with van der Waals surface area (Å²) in [4.78, 5) is 25.7. The summed E-state index contributed by atoms with van der Waals surface area (Å²) in [5.41, 5.74) is -0.0794. The molecule has 3 aromatic rings. The number of hydrogen-bond acceptors (Lipinski definition) is 2. The van der Waals surface area contributed by atoms with Crippen LogP contribution in [0.5, 0.6) is 0 Å². The van der Waals surface area contributed by atoms with Crippen molar-refractivity contribution in [2.75, 3.05) is 10.6 Å². The maximum Gasteiger partial charge on any atom is 0.258 e. The lowest BCUT2D eigenvalue weighted by atomic mass is 10.1. The molecule has 0 saturated heterocycles. The Kier molecular flexibility index (Phi) is 7.19. The van der Waals surface area contributed by atoms with Gasteiger partial charge >= 0.3 is 0 Å². The molecule has 0 unspecified atom stereocenters. The zero-order valence-electron chi connectivity index (χ0n) is 17.1. The van der Waals surface area contributed by atoms with E-state index in [0.29, 0.717) is 11.6 Å². The van der Waals surface area contributed by atoms with Crippen LogP contribution in [-0.4, -0.2) is 16.1 Å². The molecule has 1 saturated carbocycles. The minimum Gasteiger partial charge on any atom is -0.324 e. The van der Waals surface area contributed by atoms with Gasteiger partial charge in [0.2, 0.25) is 5.91 Å². The van der Waals surface area contributed by atoms with Gasteiger partial charge in [-0.2, -0.15) is 0 Å². The van der Waals surface area contributed by atoms with E-state index in [1.807, 2.05) is 0 Å². The second-order valence-corrected chi connectivity index (χ2v) is 10.3. The number of carbonyl (C=O) groups excluding carboxylic acids is 2. The fourth-order valence-corrected chi connectivity index (χ4v) is 5.22. The summed E-state index contributed by atoms with van der Waals surface area (Å²) >= 11 is 30.9. The van der Waals surface area contributed by atoms with Gasteiger partial charge in [-0.05, 0) is 42.0 Å². The van der Waals surface area contributed by atoms with E-state index < -0.39 is 45.4 Å². The van der Waals surface area contributed by atoms with Crippen LogP contribution in [0.3, 0.4) is 0 Å². The van der Waals surface area contributed by atoms with Crippen LogP contribution < -0.4 is 10.6 Å². The Hall–Kier alpha value is -2.16. The van der Waals surface area contributed by atoms with E-state index >= 15 is 0 Å². The lowest BCUT2D eigenvalue weighted by molar-refractivity contribution is -0.117. The van der Waals surface area contributed by atoms with Crippen molar-refractivity contribution >= 4 is 81.2 Å². The first-order chi connectivity index (χ1) is 16.4. The van der Waals surface area contributed by atoms with E-state index in [9.17, 15) is 22.8 Å². The van der Waals surface area contributed by atoms with E-state index in [-0.39, 0.29) is 32.0 Å². The Morgan fingerprint density at radius 3 is 2.14 bits per heavy atom. The molecule has 0 spiro atoms. The molecule has 1 aliphatic rings. The van der Waals surface area contributed by atoms with Gasteiger partial charge in [-0.3, -0.25) is 9.59 Å². The van der Waals surface area contributed by atoms with Crippen LogP contribution in [0.4, 0.5) is 24.5 Å². The molecule has 1 fully saturated rings. The molecule has 2 amide bonds. The van der Waals surface area contributed by atoms with Crippen molar-refractivity contribution in [3.05, 3.63) is 92.2 Å². The molecule has 0 aromatic heterocycles. The summed E-state index contributed by atoms with van der Waals surface area (Å²) < 4.78 is 39.1. The number of rotatable bonds is 5. The number of benzene rings is 3. The average Bonchev–Trinajstić information content (AvgIpc) is 3.36. The predicted octanol–water partition coefficient (Wildman–Crippen LogP) is 7.84. The monoisotopic (exact) mass is 580 g/mol. The number of alkyl halides is 2. The molecule has 0 bridgehead atoms. The summed E-state index contributed by atoms with van der Waals surface area (Å²) in [6.07, 6.45) is 0. The van der Waals surface area contributed by atoms with Crippen LogP contribution in [-0.2, 0) is 4.79 Å². The molecule has 0 aliphatic heterocycles. The number of hydrogen-bond donors (Lipinski definition) is 2. The van der Waals surface area contributed by atoms with Crippen LogP contribution in [0.25, 0.3) is 0 Å². The van der Waals surface area contributed by atoms with Crippen LogP contribution >= 0.6 is 58.0 Å². The fraction of sp³-hybridized carbons (Fsp3) is 0.130. The molecule has 4 rings (SSSR count). The third-order valence-corrected chi connectivity index (χ3v) is 7.33. The Morgan fingerprint density at radius 2 is 1.49 bits per heavy atom. The Labute approximate surface area is 222 Å². The van der Waals surface area contributed by atoms with E-state index in [2.05, 4.69) is 10.6 Å². The minimum atomic E-state index is -1.50. The minimum absolute atomic E-state index is 0.0118. The average molecular weight is 583 g/mol. The lowest BCUT2D eigenvalue weighted by Gasteiger charge is -2.13. The van der Waals surface area contributed by atoms with Crippen molar-refractivity contribution in [3.8, 4) is 0 Å². The van der Waals surface area contributed by atoms with E-state index in [4.69, 9.17) is 58.0 Å². The first kappa shape index (κ1) is 25.9. The van der Waals surface area contributed by atoms with Crippen molar-refractivity contribution in [1.82, 2.24) is 0 Å². The SMILES string of the molecule is O=C(Nc1ccc(F)cc1F)c1c(Cl)ccc(NC(=O)[C@H]2[C@H](c3ccc(F)c(Cl)c3)C2(Cl)Cl)c1Cl. The number of anilines is 2. The summed E-state index contributed by atoms with van der Waals surface area (Å²) in [5, 5.41) is 4.34. The standard InChI is InChI=1S/C23H12Cl5F3N2O2/c24-11-3-6-16(20(26)17(11)21(34)32-15-5-2-10(29)8-14(15)31)33-22(35)19-18(23(19,27)28)9-1-4-13(30)12(25)7-9/h1-8,18-19H,(H,32,34)(H,33,35)/t18-,19+/m0/s1. The second-order valence-electron chi connectivity index (χ2n) is 7.65. The van der Waals surface area contributed by atoms with Crippen molar-refractivity contribution in [1.29, 1.82) is 0 Å². The van der Waals surface area contributed by atoms with Gasteiger partial charge in [0.15, 0.2) is 0 Å².